The zero-order valence-electron chi connectivity index (χ0n) is 11.5. The Hall–Kier alpha value is -1.73. The molecule has 1 saturated heterocycles. The molecule has 2 aromatic heterocycles. The SMILES string of the molecule is CC1(C)O[C@H]2[C@H](CC[C@H]2n2cnc3c(N)ncnc32)O1. The van der Waals surface area contributed by atoms with Crippen molar-refractivity contribution in [2.75, 3.05) is 5.73 Å². The summed E-state index contributed by atoms with van der Waals surface area (Å²) < 4.78 is 14.0. The van der Waals surface area contributed by atoms with Crippen molar-refractivity contribution < 1.29 is 9.47 Å². The fourth-order valence-corrected chi connectivity index (χ4v) is 3.32. The van der Waals surface area contributed by atoms with Gasteiger partial charge in [-0.1, -0.05) is 0 Å². The van der Waals surface area contributed by atoms with Crippen molar-refractivity contribution in [3.63, 3.8) is 0 Å². The number of nitrogens with two attached hydrogens (primary N) is 1. The largest absolute Gasteiger partial charge is 0.382 e. The number of ether oxygens (including phenoxy) is 2. The van der Waals surface area contributed by atoms with E-state index in [0.717, 1.165) is 18.5 Å². The highest BCUT2D eigenvalue weighted by Crippen LogP contribution is 2.44. The average molecular weight is 275 g/mol. The van der Waals surface area contributed by atoms with Gasteiger partial charge in [-0.15, -0.1) is 0 Å². The molecular formula is C13H17N5O2. The van der Waals surface area contributed by atoms with Crippen LogP contribution in [0.2, 0.25) is 0 Å². The van der Waals surface area contributed by atoms with Crippen molar-refractivity contribution in [1.82, 2.24) is 19.5 Å². The van der Waals surface area contributed by atoms with Crippen molar-refractivity contribution in [3.8, 4) is 0 Å². The molecule has 1 aliphatic carbocycles. The predicted molar refractivity (Wildman–Crippen MR) is 71.8 cm³/mol. The maximum Gasteiger partial charge on any atom is 0.165 e. The van der Waals surface area contributed by atoms with Crippen molar-refractivity contribution in [3.05, 3.63) is 12.7 Å². The Morgan fingerprint density at radius 1 is 1.25 bits per heavy atom. The molecule has 7 heteroatoms. The predicted octanol–water partition coefficient (Wildman–Crippen LogP) is 1.26. The molecule has 2 N–H and O–H groups in total. The summed E-state index contributed by atoms with van der Waals surface area (Å²) in [5.74, 6) is -0.106. The number of nitrogens with zero attached hydrogens (tertiary/aromatic N) is 4. The molecule has 7 nitrogen and oxygen atoms in total. The van der Waals surface area contributed by atoms with Gasteiger partial charge in [-0.2, -0.15) is 0 Å². The summed E-state index contributed by atoms with van der Waals surface area (Å²) in [6.07, 6.45) is 5.40. The molecule has 1 aliphatic heterocycles. The molecular weight excluding hydrogens is 258 g/mol. The van der Waals surface area contributed by atoms with Crippen molar-refractivity contribution >= 4 is 17.0 Å². The van der Waals surface area contributed by atoms with Crippen molar-refractivity contribution in [2.45, 2.75) is 50.7 Å². The van der Waals surface area contributed by atoms with E-state index in [0.29, 0.717) is 11.3 Å². The van der Waals surface area contributed by atoms with Gasteiger partial charge in [0.15, 0.2) is 17.3 Å². The number of hydrogen-bond donors (Lipinski definition) is 1. The van der Waals surface area contributed by atoms with Gasteiger partial charge in [0.25, 0.3) is 0 Å². The quantitative estimate of drug-likeness (QED) is 0.843. The average Bonchev–Trinajstić information content (AvgIpc) is 3.01. The van der Waals surface area contributed by atoms with E-state index in [1.54, 1.807) is 6.33 Å². The zero-order valence-corrected chi connectivity index (χ0v) is 11.5. The van der Waals surface area contributed by atoms with Crippen LogP contribution in [0.15, 0.2) is 12.7 Å². The van der Waals surface area contributed by atoms with Gasteiger partial charge >= 0.3 is 0 Å². The molecule has 0 radical (unpaired) electrons. The normalized spacial score (nSPS) is 31.8. The summed E-state index contributed by atoms with van der Waals surface area (Å²) >= 11 is 0. The van der Waals surface area contributed by atoms with E-state index < -0.39 is 5.79 Å². The first kappa shape index (κ1) is 12.0. The molecule has 0 spiro atoms. The molecule has 0 amide bonds. The third-order valence-corrected chi connectivity index (χ3v) is 4.09. The maximum absolute atomic E-state index is 6.04. The van der Waals surface area contributed by atoms with Gasteiger partial charge in [0.1, 0.15) is 17.9 Å². The third kappa shape index (κ3) is 1.63. The number of imidazole rings is 1. The van der Waals surface area contributed by atoms with Gasteiger partial charge in [-0.25, -0.2) is 15.0 Å². The Kier molecular flexibility index (Phi) is 2.34. The molecule has 0 bridgehead atoms. The van der Waals surface area contributed by atoms with Gasteiger partial charge < -0.3 is 19.8 Å². The fourth-order valence-electron chi connectivity index (χ4n) is 3.32. The molecule has 20 heavy (non-hydrogen) atoms. The fraction of sp³-hybridized carbons (Fsp3) is 0.615. The van der Waals surface area contributed by atoms with Crippen LogP contribution >= 0.6 is 0 Å². The number of fused-ring (bicyclic) bond motifs is 2. The summed E-state index contributed by atoms with van der Waals surface area (Å²) in [5.41, 5.74) is 7.24. The molecule has 0 aromatic carbocycles. The number of hydrogen-bond acceptors (Lipinski definition) is 6. The highest BCUT2D eigenvalue weighted by atomic mass is 16.8. The van der Waals surface area contributed by atoms with Crippen LogP contribution in [0.3, 0.4) is 0 Å². The number of rotatable bonds is 1. The van der Waals surface area contributed by atoms with Crippen LogP contribution in [0.5, 0.6) is 0 Å². The Labute approximate surface area is 116 Å². The van der Waals surface area contributed by atoms with E-state index in [2.05, 4.69) is 15.0 Å². The minimum atomic E-state index is -0.515. The lowest BCUT2D eigenvalue weighted by molar-refractivity contribution is -0.155. The topological polar surface area (TPSA) is 88.1 Å². The standard InChI is InChI=1S/C13H17N5O2/c1-13(2)19-8-4-3-7(10(8)20-13)18-6-17-9-11(14)15-5-16-12(9)18/h5-8,10H,3-4H2,1-2H3,(H2,14,15,16)/t7-,8+,10-/m1/s1. The molecule has 3 heterocycles. The third-order valence-electron chi connectivity index (χ3n) is 4.09. The van der Waals surface area contributed by atoms with E-state index in [-0.39, 0.29) is 18.2 Å². The highest BCUT2D eigenvalue weighted by Gasteiger charge is 2.49. The first-order chi connectivity index (χ1) is 9.55. The Morgan fingerprint density at radius 3 is 2.95 bits per heavy atom. The van der Waals surface area contributed by atoms with Gasteiger partial charge in [0.2, 0.25) is 0 Å². The molecule has 4 rings (SSSR count). The molecule has 2 fully saturated rings. The lowest BCUT2D eigenvalue weighted by Crippen LogP contribution is -2.27. The second-order valence-corrected chi connectivity index (χ2v) is 5.87. The van der Waals surface area contributed by atoms with E-state index >= 15 is 0 Å². The molecule has 2 aromatic rings. The lowest BCUT2D eigenvalue weighted by atomic mass is 10.2. The number of anilines is 1. The van der Waals surface area contributed by atoms with Gasteiger partial charge in [0, 0.05) is 0 Å². The van der Waals surface area contributed by atoms with Crippen LogP contribution < -0.4 is 5.73 Å². The summed E-state index contributed by atoms with van der Waals surface area (Å²) in [6.45, 7) is 3.91. The van der Waals surface area contributed by atoms with E-state index in [9.17, 15) is 0 Å². The number of nitrogen functional groups attached to an aromatic ring is 1. The van der Waals surface area contributed by atoms with E-state index in [1.165, 1.54) is 6.33 Å². The van der Waals surface area contributed by atoms with Crippen LogP contribution in [0.1, 0.15) is 32.7 Å². The van der Waals surface area contributed by atoms with Crippen molar-refractivity contribution in [1.29, 1.82) is 0 Å². The van der Waals surface area contributed by atoms with Crippen LogP contribution in [0.4, 0.5) is 5.82 Å². The van der Waals surface area contributed by atoms with Gasteiger partial charge in [-0.3, -0.25) is 0 Å². The maximum atomic E-state index is 6.04. The first-order valence-electron chi connectivity index (χ1n) is 6.84. The van der Waals surface area contributed by atoms with Gasteiger partial charge in [-0.05, 0) is 26.7 Å². The Bertz CT molecular complexity index is 668. The van der Waals surface area contributed by atoms with Gasteiger partial charge in [0.05, 0.1) is 18.5 Å². The molecule has 1 saturated carbocycles. The minimum Gasteiger partial charge on any atom is -0.382 e. The van der Waals surface area contributed by atoms with Crippen LogP contribution in [-0.2, 0) is 9.47 Å². The van der Waals surface area contributed by atoms with Crippen LogP contribution in [-0.4, -0.2) is 37.5 Å². The lowest BCUT2D eigenvalue weighted by Gasteiger charge is -2.22. The highest BCUT2D eigenvalue weighted by molar-refractivity contribution is 5.81. The Balaban J connectivity index is 1.75. The van der Waals surface area contributed by atoms with Crippen LogP contribution in [0, 0.1) is 0 Å². The monoisotopic (exact) mass is 275 g/mol. The molecule has 2 aliphatic rings. The zero-order chi connectivity index (χ0) is 13.9. The minimum absolute atomic E-state index is 0.0404. The van der Waals surface area contributed by atoms with Crippen LogP contribution in [0.25, 0.3) is 11.2 Å². The van der Waals surface area contributed by atoms with E-state index in [1.807, 2.05) is 18.4 Å². The summed E-state index contributed by atoms with van der Waals surface area (Å²) in [7, 11) is 0. The number of aromatic nitrogens is 4. The summed E-state index contributed by atoms with van der Waals surface area (Å²) in [6, 6.07) is 0.182. The van der Waals surface area contributed by atoms with Crippen molar-refractivity contribution in [2.24, 2.45) is 0 Å². The Morgan fingerprint density at radius 2 is 2.10 bits per heavy atom. The molecule has 3 atom stereocenters. The second-order valence-electron chi connectivity index (χ2n) is 5.87. The second kappa shape index (κ2) is 3.89. The summed E-state index contributed by atoms with van der Waals surface area (Å²) in [5, 5.41) is 0. The summed E-state index contributed by atoms with van der Waals surface area (Å²) in [4.78, 5) is 12.6. The molecule has 106 valence electrons. The smallest absolute Gasteiger partial charge is 0.165 e. The first-order valence-corrected chi connectivity index (χ1v) is 6.84. The van der Waals surface area contributed by atoms with E-state index in [4.69, 9.17) is 15.2 Å². The molecule has 0 unspecified atom stereocenters.